The van der Waals surface area contributed by atoms with Gasteiger partial charge in [0.15, 0.2) is 0 Å². The molecule has 32 heavy (non-hydrogen) atoms. The molecule has 0 bridgehead atoms. The molecular formula is C26H26N2O3S. The van der Waals surface area contributed by atoms with Crippen LogP contribution in [0, 0.1) is 0 Å². The van der Waals surface area contributed by atoms with Crippen LogP contribution in [-0.4, -0.2) is 36.2 Å². The largest absolute Gasteiger partial charge is 0.497 e. The van der Waals surface area contributed by atoms with E-state index in [2.05, 4.69) is 0 Å². The van der Waals surface area contributed by atoms with Crippen LogP contribution in [0.15, 0.2) is 84.9 Å². The number of hydrogen-bond acceptors (Lipinski definition) is 4. The number of nitrogens with zero attached hydrogens (tertiary/aromatic N) is 2. The highest BCUT2D eigenvalue weighted by molar-refractivity contribution is 8.09. The number of amides is 3. The Kier molecular flexibility index (Phi) is 6.24. The van der Waals surface area contributed by atoms with Crippen LogP contribution in [0.25, 0.3) is 0 Å². The van der Waals surface area contributed by atoms with Gasteiger partial charge in [0.1, 0.15) is 10.5 Å². The van der Waals surface area contributed by atoms with E-state index in [0.717, 1.165) is 11.1 Å². The SMILES string of the molecule is COc1ccc(N(C(=O)N(C)Cc2ccccc2)C(=O)[C@]2(c3ccccc3)S[C@H]2C)cc1. The first-order chi connectivity index (χ1) is 15.5. The molecule has 3 aromatic rings. The van der Waals surface area contributed by atoms with Crippen molar-refractivity contribution in [2.75, 3.05) is 19.1 Å². The molecule has 0 N–H and O–H groups in total. The van der Waals surface area contributed by atoms with Crippen LogP contribution in [0.2, 0.25) is 0 Å². The molecule has 0 spiro atoms. The highest BCUT2D eigenvalue weighted by Gasteiger charge is 2.62. The number of carbonyl (C=O) groups excluding carboxylic acids is 2. The van der Waals surface area contributed by atoms with Crippen molar-refractivity contribution in [1.29, 1.82) is 0 Å². The maximum absolute atomic E-state index is 14.0. The van der Waals surface area contributed by atoms with Crippen molar-refractivity contribution >= 4 is 29.4 Å². The van der Waals surface area contributed by atoms with Crippen LogP contribution < -0.4 is 9.64 Å². The van der Waals surface area contributed by atoms with Crippen molar-refractivity contribution in [2.24, 2.45) is 0 Å². The van der Waals surface area contributed by atoms with Gasteiger partial charge in [-0.2, -0.15) is 0 Å². The van der Waals surface area contributed by atoms with E-state index in [1.807, 2.05) is 67.6 Å². The number of carbonyl (C=O) groups is 2. The number of benzene rings is 3. The first-order valence-corrected chi connectivity index (χ1v) is 11.4. The van der Waals surface area contributed by atoms with Crippen molar-refractivity contribution < 1.29 is 14.3 Å². The topological polar surface area (TPSA) is 49.9 Å². The molecule has 1 heterocycles. The highest BCUT2D eigenvalue weighted by Crippen LogP contribution is 2.62. The molecule has 3 amide bonds. The Bertz CT molecular complexity index is 1090. The van der Waals surface area contributed by atoms with Gasteiger partial charge in [-0.15, -0.1) is 11.8 Å². The summed E-state index contributed by atoms with van der Waals surface area (Å²) in [7, 11) is 3.31. The van der Waals surface area contributed by atoms with Crippen LogP contribution in [0.5, 0.6) is 5.75 Å². The summed E-state index contributed by atoms with van der Waals surface area (Å²) < 4.78 is 4.49. The Morgan fingerprint density at radius 1 is 0.938 bits per heavy atom. The van der Waals surface area contributed by atoms with E-state index >= 15 is 0 Å². The second-order valence-electron chi connectivity index (χ2n) is 7.82. The Morgan fingerprint density at radius 3 is 2.03 bits per heavy atom. The molecule has 0 saturated carbocycles. The van der Waals surface area contributed by atoms with Gasteiger partial charge in [0.2, 0.25) is 0 Å². The summed E-state index contributed by atoms with van der Waals surface area (Å²) in [6, 6.07) is 26.1. The van der Waals surface area contributed by atoms with Gasteiger partial charge < -0.3 is 9.64 Å². The van der Waals surface area contributed by atoms with Crippen molar-refractivity contribution in [3.05, 3.63) is 96.1 Å². The summed E-state index contributed by atoms with van der Waals surface area (Å²) in [6.45, 7) is 2.43. The minimum atomic E-state index is -0.773. The number of methoxy groups -OCH3 is 1. The summed E-state index contributed by atoms with van der Waals surface area (Å²) in [4.78, 5) is 30.6. The quantitative estimate of drug-likeness (QED) is 0.482. The Hall–Kier alpha value is -3.25. The monoisotopic (exact) mass is 446 g/mol. The third kappa shape index (κ3) is 4.10. The minimum absolute atomic E-state index is 0.0744. The van der Waals surface area contributed by atoms with Crippen LogP contribution >= 0.6 is 11.8 Å². The number of rotatable bonds is 6. The molecule has 164 valence electrons. The zero-order valence-corrected chi connectivity index (χ0v) is 19.2. The van der Waals surface area contributed by atoms with E-state index in [-0.39, 0.29) is 17.2 Å². The second-order valence-corrected chi connectivity index (χ2v) is 9.41. The molecular weight excluding hydrogens is 420 g/mol. The van der Waals surface area contributed by atoms with E-state index in [1.54, 1.807) is 55.1 Å². The molecule has 0 unspecified atom stereocenters. The van der Waals surface area contributed by atoms with E-state index < -0.39 is 4.75 Å². The molecule has 0 aliphatic carbocycles. The van der Waals surface area contributed by atoms with E-state index in [4.69, 9.17) is 4.74 Å². The van der Waals surface area contributed by atoms with Gasteiger partial charge in [-0.3, -0.25) is 4.79 Å². The Labute approximate surface area is 193 Å². The second kappa shape index (κ2) is 9.09. The third-order valence-electron chi connectivity index (χ3n) is 5.71. The average molecular weight is 447 g/mol. The lowest BCUT2D eigenvalue weighted by Gasteiger charge is -2.30. The highest BCUT2D eigenvalue weighted by atomic mass is 32.2. The molecule has 5 nitrogen and oxygen atoms in total. The van der Waals surface area contributed by atoms with E-state index in [9.17, 15) is 9.59 Å². The number of imide groups is 1. The molecule has 0 radical (unpaired) electrons. The molecule has 1 aliphatic heterocycles. The van der Waals surface area contributed by atoms with Gasteiger partial charge in [0.05, 0.1) is 12.8 Å². The van der Waals surface area contributed by atoms with Crippen molar-refractivity contribution in [3.8, 4) is 5.75 Å². The lowest BCUT2D eigenvalue weighted by Crippen LogP contribution is -2.49. The number of hydrogen-bond donors (Lipinski definition) is 0. The third-order valence-corrected chi connectivity index (χ3v) is 7.30. The summed E-state index contributed by atoms with van der Waals surface area (Å²) >= 11 is 1.58. The normalized spacial score (nSPS) is 19.2. The van der Waals surface area contributed by atoms with Gasteiger partial charge in [0, 0.05) is 18.8 Å². The molecule has 1 fully saturated rings. The predicted molar refractivity (Wildman–Crippen MR) is 129 cm³/mol. The fraction of sp³-hybridized carbons (Fsp3) is 0.231. The van der Waals surface area contributed by atoms with E-state index in [0.29, 0.717) is 18.0 Å². The number of anilines is 1. The van der Waals surface area contributed by atoms with Gasteiger partial charge in [-0.05, 0) is 35.4 Å². The van der Waals surface area contributed by atoms with Crippen molar-refractivity contribution in [2.45, 2.75) is 23.5 Å². The summed E-state index contributed by atoms with van der Waals surface area (Å²) in [5.41, 5.74) is 2.44. The molecule has 2 atom stereocenters. The number of urea groups is 1. The maximum atomic E-state index is 14.0. The van der Waals surface area contributed by atoms with Crippen LogP contribution in [0.3, 0.4) is 0 Å². The molecule has 1 saturated heterocycles. The van der Waals surface area contributed by atoms with Crippen LogP contribution in [0.1, 0.15) is 18.1 Å². The smallest absolute Gasteiger partial charge is 0.331 e. The van der Waals surface area contributed by atoms with E-state index in [1.165, 1.54) is 4.90 Å². The predicted octanol–water partition coefficient (Wildman–Crippen LogP) is 5.31. The van der Waals surface area contributed by atoms with Gasteiger partial charge in [-0.1, -0.05) is 67.6 Å². The maximum Gasteiger partial charge on any atom is 0.331 e. The summed E-state index contributed by atoms with van der Waals surface area (Å²) in [5.74, 6) is 0.439. The summed E-state index contributed by atoms with van der Waals surface area (Å²) in [5, 5.41) is 0.0744. The Balaban J connectivity index is 1.70. The van der Waals surface area contributed by atoms with Crippen LogP contribution in [-0.2, 0) is 16.1 Å². The molecule has 3 aromatic carbocycles. The fourth-order valence-electron chi connectivity index (χ4n) is 3.89. The summed E-state index contributed by atoms with van der Waals surface area (Å²) in [6.07, 6.45) is 0. The standard InChI is InChI=1S/C26H26N2O3S/c1-19-26(32-19,21-12-8-5-9-13-21)24(29)28(22-14-16-23(31-3)17-15-22)25(30)27(2)18-20-10-6-4-7-11-20/h4-17,19H,18H2,1-3H3/t19-,26-/m0/s1. The molecule has 4 rings (SSSR count). The molecule has 0 aromatic heterocycles. The van der Waals surface area contributed by atoms with Gasteiger partial charge >= 0.3 is 6.03 Å². The first-order valence-electron chi connectivity index (χ1n) is 10.5. The van der Waals surface area contributed by atoms with Gasteiger partial charge in [0.25, 0.3) is 5.91 Å². The number of ether oxygens (including phenoxy) is 1. The first kappa shape index (κ1) is 22.0. The Morgan fingerprint density at radius 2 is 1.50 bits per heavy atom. The van der Waals surface area contributed by atoms with Crippen molar-refractivity contribution in [3.63, 3.8) is 0 Å². The zero-order valence-electron chi connectivity index (χ0n) is 18.4. The van der Waals surface area contributed by atoms with Crippen molar-refractivity contribution in [1.82, 2.24) is 4.90 Å². The lowest BCUT2D eigenvalue weighted by atomic mass is 9.94. The van der Waals surface area contributed by atoms with Crippen LogP contribution in [0.4, 0.5) is 10.5 Å². The number of thioether (sulfide) groups is 1. The van der Waals surface area contributed by atoms with Gasteiger partial charge in [-0.25, -0.2) is 9.69 Å². The molecule has 6 heteroatoms. The lowest BCUT2D eigenvalue weighted by molar-refractivity contribution is -0.119. The fourth-order valence-corrected chi connectivity index (χ4v) is 5.08. The zero-order chi connectivity index (χ0) is 22.7. The average Bonchev–Trinajstić information content (AvgIpc) is 3.52. The molecule has 1 aliphatic rings. The minimum Gasteiger partial charge on any atom is -0.497 e.